The van der Waals surface area contributed by atoms with E-state index < -0.39 is 0 Å². The highest BCUT2D eigenvalue weighted by Gasteiger charge is 2.33. The molecule has 142 valence electrons. The zero-order valence-electron chi connectivity index (χ0n) is 15.8. The number of furan rings is 1. The molecule has 0 radical (unpaired) electrons. The van der Waals surface area contributed by atoms with E-state index in [4.69, 9.17) is 13.9 Å². The minimum Gasteiger partial charge on any atom is -0.497 e. The maximum absolute atomic E-state index is 12.9. The van der Waals surface area contributed by atoms with Gasteiger partial charge in [-0.25, -0.2) is 4.99 Å². The molecule has 1 fully saturated rings. The number of ether oxygens (including phenoxy) is 2. The van der Waals surface area contributed by atoms with E-state index in [1.54, 1.807) is 19.1 Å². The number of carbonyl (C=O) groups excluding carboxylic acids is 1. The number of aryl methyl sites for hydroxylation is 2. The lowest BCUT2D eigenvalue weighted by atomic mass is 10.2. The van der Waals surface area contributed by atoms with Gasteiger partial charge in [0.1, 0.15) is 17.3 Å². The fraction of sp³-hybridized carbons (Fsp3) is 0.300. The molecule has 3 rings (SSSR count). The maximum Gasteiger partial charge on any atom is 0.266 e. The number of rotatable bonds is 6. The van der Waals surface area contributed by atoms with Crippen molar-refractivity contribution in [2.75, 3.05) is 27.4 Å². The van der Waals surface area contributed by atoms with Gasteiger partial charge in [-0.15, -0.1) is 0 Å². The Morgan fingerprint density at radius 3 is 2.56 bits per heavy atom. The van der Waals surface area contributed by atoms with Gasteiger partial charge in [-0.3, -0.25) is 9.69 Å². The highest BCUT2D eigenvalue weighted by atomic mass is 32.2. The number of benzene rings is 1. The van der Waals surface area contributed by atoms with Crippen LogP contribution < -0.4 is 4.74 Å². The lowest BCUT2D eigenvalue weighted by Gasteiger charge is -2.14. The number of amides is 1. The summed E-state index contributed by atoms with van der Waals surface area (Å²) >= 11 is 1.35. The molecule has 1 amide bonds. The number of aliphatic imine (C=N–C) groups is 1. The molecule has 27 heavy (non-hydrogen) atoms. The van der Waals surface area contributed by atoms with Gasteiger partial charge in [0, 0.05) is 12.7 Å². The van der Waals surface area contributed by atoms with Crippen LogP contribution in [0.4, 0.5) is 5.69 Å². The Balaban J connectivity index is 1.92. The number of methoxy groups -OCH3 is 2. The van der Waals surface area contributed by atoms with E-state index >= 15 is 0 Å². The third kappa shape index (κ3) is 4.43. The Bertz CT molecular complexity index is 884. The van der Waals surface area contributed by atoms with Crippen LogP contribution in [0, 0.1) is 13.8 Å². The van der Waals surface area contributed by atoms with Crippen LogP contribution in [-0.4, -0.2) is 43.3 Å². The summed E-state index contributed by atoms with van der Waals surface area (Å²) in [5, 5.41) is 0.631. The van der Waals surface area contributed by atoms with Gasteiger partial charge in [0.15, 0.2) is 5.17 Å². The topological polar surface area (TPSA) is 64.3 Å². The number of hydrogen-bond acceptors (Lipinski definition) is 6. The molecule has 7 heteroatoms. The van der Waals surface area contributed by atoms with Crippen LogP contribution in [0.25, 0.3) is 6.08 Å². The monoisotopic (exact) mass is 386 g/mol. The Morgan fingerprint density at radius 2 is 1.96 bits per heavy atom. The molecule has 1 aromatic carbocycles. The number of nitrogens with zero attached hydrogens (tertiary/aromatic N) is 2. The van der Waals surface area contributed by atoms with Gasteiger partial charge >= 0.3 is 0 Å². The van der Waals surface area contributed by atoms with Gasteiger partial charge in [-0.2, -0.15) is 0 Å². The lowest BCUT2D eigenvalue weighted by molar-refractivity contribution is -0.122. The predicted octanol–water partition coefficient (Wildman–Crippen LogP) is 4.16. The van der Waals surface area contributed by atoms with Crippen LogP contribution in [0.15, 0.2) is 44.6 Å². The molecule has 0 atom stereocenters. The number of hydrogen-bond donors (Lipinski definition) is 0. The van der Waals surface area contributed by atoms with Gasteiger partial charge < -0.3 is 13.9 Å². The van der Waals surface area contributed by atoms with Crippen molar-refractivity contribution in [3.05, 3.63) is 52.3 Å². The summed E-state index contributed by atoms with van der Waals surface area (Å²) in [7, 11) is 3.23. The number of thioether (sulfide) groups is 1. The van der Waals surface area contributed by atoms with Crippen molar-refractivity contribution in [2.24, 2.45) is 4.99 Å². The predicted molar refractivity (Wildman–Crippen MR) is 107 cm³/mol. The molecule has 1 aliphatic heterocycles. The summed E-state index contributed by atoms with van der Waals surface area (Å²) in [5.41, 5.74) is 1.66. The molecule has 0 bridgehead atoms. The average molecular weight is 386 g/mol. The first-order valence-electron chi connectivity index (χ1n) is 8.52. The molecular weight excluding hydrogens is 364 g/mol. The van der Waals surface area contributed by atoms with Crippen molar-refractivity contribution in [3.63, 3.8) is 0 Å². The molecule has 0 unspecified atom stereocenters. The van der Waals surface area contributed by atoms with Gasteiger partial charge in [0.05, 0.1) is 30.9 Å². The van der Waals surface area contributed by atoms with Gasteiger partial charge in [-0.05, 0) is 62.0 Å². The molecule has 1 saturated heterocycles. The summed E-state index contributed by atoms with van der Waals surface area (Å²) in [6, 6.07) is 9.32. The summed E-state index contributed by atoms with van der Waals surface area (Å²) in [5.74, 6) is 2.29. The van der Waals surface area contributed by atoms with Crippen LogP contribution in [-0.2, 0) is 9.53 Å². The fourth-order valence-electron chi connectivity index (χ4n) is 2.67. The zero-order valence-corrected chi connectivity index (χ0v) is 16.6. The minimum atomic E-state index is -0.0810. The van der Waals surface area contributed by atoms with E-state index in [-0.39, 0.29) is 5.91 Å². The minimum absolute atomic E-state index is 0.0810. The molecule has 1 aliphatic rings. The molecule has 0 N–H and O–H groups in total. The van der Waals surface area contributed by atoms with Crippen LogP contribution in [0.2, 0.25) is 0 Å². The van der Waals surface area contributed by atoms with E-state index in [0.717, 1.165) is 28.5 Å². The van der Waals surface area contributed by atoms with Crippen molar-refractivity contribution in [1.29, 1.82) is 0 Å². The summed E-state index contributed by atoms with van der Waals surface area (Å²) < 4.78 is 15.9. The molecule has 2 aromatic rings. The summed E-state index contributed by atoms with van der Waals surface area (Å²) in [6.45, 7) is 4.65. The van der Waals surface area contributed by atoms with Gasteiger partial charge in [-0.1, -0.05) is 0 Å². The van der Waals surface area contributed by atoms with Gasteiger partial charge in [0.2, 0.25) is 0 Å². The highest BCUT2D eigenvalue weighted by Crippen LogP contribution is 2.35. The van der Waals surface area contributed by atoms with Crippen LogP contribution >= 0.6 is 11.8 Å². The molecule has 6 nitrogen and oxygen atoms in total. The second-order valence-electron chi connectivity index (χ2n) is 6.02. The standard InChI is InChI=1S/C20H22N2O4S/c1-13-11-15(14(2)26-13)12-18-19(23)22(9-10-24-3)20(27-18)21-16-5-7-17(25-4)8-6-16/h5-8,11-12H,9-10H2,1-4H3/b18-12-,21-20?. The highest BCUT2D eigenvalue weighted by molar-refractivity contribution is 8.18. The third-order valence-electron chi connectivity index (χ3n) is 4.07. The van der Waals surface area contributed by atoms with Crippen molar-refractivity contribution >= 4 is 34.6 Å². The summed E-state index contributed by atoms with van der Waals surface area (Å²) in [4.78, 5) is 19.8. The first kappa shape index (κ1) is 19.3. The van der Waals surface area contributed by atoms with Crippen molar-refractivity contribution < 1.29 is 18.7 Å². The third-order valence-corrected chi connectivity index (χ3v) is 5.08. The Kier molecular flexibility index (Phi) is 6.03. The van der Waals surface area contributed by atoms with Gasteiger partial charge in [0.25, 0.3) is 5.91 Å². The van der Waals surface area contributed by atoms with Crippen LogP contribution in [0.1, 0.15) is 17.1 Å². The summed E-state index contributed by atoms with van der Waals surface area (Å²) in [6.07, 6.45) is 1.86. The smallest absolute Gasteiger partial charge is 0.266 e. The second kappa shape index (κ2) is 8.45. The molecule has 0 aliphatic carbocycles. The largest absolute Gasteiger partial charge is 0.497 e. The normalized spacial score (nSPS) is 17.3. The Labute approximate surface area is 162 Å². The molecule has 2 heterocycles. The SMILES string of the molecule is COCCN1C(=O)/C(=C/c2cc(C)oc2C)SC1=Nc1ccc(OC)cc1. The quantitative estimate of drug-likeness (QED) is 0.698. The first-order valence-corrected chi connectivity index (χ1v) is 9.33. The average Bonchev–Trinajstić information content (AvgIpc) is 3.12. The number of amidine groups is 1. The lowest BCUT2D eigenvalue weighted by Crippen LogP contribution is -2.32. The van der Waals surface area contributed by atoms with Crippen molar-refractivity contribution in [3.8, 4) is 5.75 Å². The zero-order chi connectivity index (χ0) is 19.4. The first-order chi connectivity index (χ1) is 13.0. The van der Waals surface area contributed by atoms with E-state index in [0.29, 0.717) is 23.2 Å². The molecule has 0 saturated carbocycles. The van der Waals surface area contributed by atoms with E-state index in [2.05, 4.69) is 4.99 Å². The molecule has 0 spiro atoms. The number of carbonyl (C=O) groups is 1. The van der Waals surface area contributed by atoms with Crippen LogP contribution in [0.3, 0.4) is 0 Å². The van der Waals surface area contributed by atoms with Crippen molar-refractivity contribution in [2.45, 2.75) is 13.8 Å². The molecular formula is C20H22N2O4S. The fourth-order valence-corrected chi connectivity index (χ4v) is 3.69. The Hall–Kier alpha value is -2.51. The van der Waals surface area contributed by atoms with E-state index in [1.807, 2.05) is 50.3 Å². The van der Waals surface area contributed by atoms with E-state index in [9.17, 15) is 4.79 Å². The van der Waals surface area contributed by atoms with E-state index in [1.165, 1.54) is 11.8 Å². The maximum atomic E-state index is 12.9. The van der Waals surface area contributed by atoms with Crippen LogP contribution in [0.5, 0.6) is 5.75 Å². The second-order valence-corrected chi connectivity index (χ2v) is 7.03. The Morgan fingerprint density at radius 1 is 1.22 bits per heavy atom. The molecule has 1 aromatic heterocycles. The van der Waals surface area contributed by atoms with Crippen molar-refractivity contribution in [1.82, 2.24) is 4.90 Å².